The zero-order valence-electron chi connectivity index (χ0n) is 17.2. The number of morpholine rings is 1. The lowest BCUT2D eigenvalue weighted by atomic mass is 10.1. The molecule has 3 unspecified atom stereocenters. The van der Waals surface area contributed by atoms with E-state index in [2.05, 4.69) is 37.1 Å². The van der Waals surface area contributed by atoms with Gasteiger partial charge in [-0.2, -0.15) is 5.26 Å². The average Bonchev–Trinajstić information content (AvgIpc) is 2.68. The van der Waals surface area contributed by atoms with Crippen LogP contribution in [0.25, 0.3) is 0 Å². The quantitative estimate of drug-likeness (QED) is 0.653. The Morgan fingerprint density at radius 3 is 2.71 bits per heavy atom. The van der Waals surface area contributed by atoms with Crippen molar-refractivity contribution in [3.05, 3.63) is 23.8 Å². The SMILES string of the molecule is COc1cc(C#N)ccc1OCCCC(=O)NCC(C)N1CC(C)OC(C)C1. The number of carbonyl (C=O) groups excluding carboxylic acids is 1. The number of nitrogens with one attached hydrogen (secondary N) is 1. The molecule has 0 spiro atoms. The first-order valence-electron chi connectivity index (χ1n) is 9.80. The second-order valence-corrected chi connectivity index (χ2v) is 7.29. The molecule has 0 bridgehead atoms. The van der Waals surface area contributed by atoms with E-state index in [1.54, 1.807) is 18.2 Å². The van der Waals surface area contributed by atoms with E-state index in [1.165, 1.54) is 7.11 Å². The number of hydrogen-bond donors (Lipinski definition) is 1. The normalized spacial score (nSPS) is 20.8. The Balaban J connectivity index is 1.67. The van der Waals surface area contributed by atoms with E-state index in [0.29, 0.717) is 43.1 Å². The number of benzene rings is 1. The van der Waals surface area contributed by atoms with Gasteiger partial charge in [-0.15, -0.1) is 0 Å². The monoisotopic (exact) mass is 389 g/mol. The van der Waals surface area contributed by atoms with Crippen molar-refractivity contribution in [2.45, 2.75) is 51.9 Å². The predicted molar refractivity (Wildman–Crippen MR) is 106 cm³/mol. The van der Waals surface area contributed by atoms with Crippen LogP contribution < -0.4 is 14.8 Å². The molecule has 1 fully saturated rings. The van der Waals surface area contributed by atoms with Crippen molar-refractivity contribution in [2.24, 2.45) is 0 Å². The molecule has 1 amide bonds. The van der Waals surface area contributed by atoms with E-state index in [4.69, 9.17) is 19.5 Å². The molecule has 0 aromatic heterocycles. The Morgan fingerprint density at radius 2 is 2.07 bits per heavy atom. The molecule has 154 valence electrons. The Bertz CT molecular complexity index is 679. The van der Waals surface area contributed by atoms with Crippen LogP contribution in [-0.4, -0.2) is 62.4 Å². The number of ether oxygens (including phenoxy) is 3. The largest absolute Gasteiger partial charge is 0.493 e. The molecule has 1 aromatic carbocycles. The Labute approximate surface area is 167 Å². The van der Waals surface area contributed by atoms with Crippen LogP contribution >= 0.6 is 0 Å². The number of rotatable bonds is 9. The number of amides is 1. The summed E-state index contributed by atoms with van der Waals surface area (Å²) in [7, 11) is 1.54. The van der Waals surface area contributed by atoms with E-state index >= 15 is 0 Å². The number of nitrogens with zero attached hydrogens (tertiary/aromatic N) is 2. The highest BCUT2D eigenvalue weighted by atomic mass is 16.5. The second kappa shape index (κ2) is 10.9. The van der Waals surface area contributed by atoms with Crippen molar-refractivity contribution in [3.63, 3.8) is 0 Å². The van der Waals surface area contributed by atoms with Crippen molar-refractivity contribution in [1.82, 2.24) is 10.2 Å². The van der Waals surface area contributed by atoms with Crippen molar-refractivity contribution in [3.8, 4) is 17.6 Å². The van der Waals surface area contributed by atoms with Gasteiger partial charge in [0, 0.05) is 38.2 Å². The lowest BCUT2D eigenvalue weighted by Gasteiger charge is -2.39. The minimum Gasteiger partial charge on any atom is -0.493 e. The standard InChI is InChI=1S/C21H31N3O4/c1-15(24-13-16(2)28-17(3)14-24)12-23-21(25)6-5-9-27-19-8-7-18(11-22)10-20(19)26-4/h7-8,10,15-17H,5-6,9,12-14H2,1-4H3,(H,23,25). The van der Waals surface area contributed by atoms with Gasteiger partial charge in [-0.3, -0.25) is 9.69 Å². The predicted octanol–water partition coefficient (Wildman–Crippen LogP) is 2.34. The summed E-state index contributed by atoms with van der Waals surface area (Å²) in [6.45, 7) is 9.11. The fourth-order valence-corrected chi connectivity index (χ4v) is 3.33. The molecule has 1 heterocycles. The first-order chi connectivity index (χ1) is 13.4. The van der Waals surface area contributed by atoms with Gasteiger partial charge in [0.05, 0.1) is 37.6 Å². The molecular formula is C21H31N3O4. The summed E-state index contributed by atoms with van der Waals surface area (Å²) in [4.78, 5) is 14.5. The van der Waals surface area contributed by atoms with Crippen molar-refractivity contribution >= 4 is 5.91 Å². The van der Waals surface area contributed by atoms with Gasteiger partial charge >= 0.3 is 0 Å². The molecule has 7 heteroatoms. The van der Waals surface area contributed by atoms with Crippen LogP contribution in [0.3, 0.4) is 0 Å². The minimum atomic E-state index is 0.0246. The summed E-state index contributed by atoms with van der Waals surface area (Å²) in [5.41, 5.74) is 0.516. The van der Waals surface area contributed by atoms with Crippen molar-refractivity contribution in [1.29, 1.82) is 5.26 Å². The summed E-state index contributed by atoms with van der Waals surface area (Å²) in [6, 6.07) is 7.37. The van der Waals surface area contributed by atoms with Gasteiger partial charge in [-0.05, 0) is 39.3 Å². The maximum Gasteiger partial charge on any atom is 0.220 e. The van der Waals surface area contributed by atoms with Crippen LogP contribution in [0.5, 0.6) is 11.5 Å². The zero-order valence-corrected chi connectivity index (χ0v) is 17.2. The highest BCUT2D eigenvalue weighted by molar-refractivity contribution is 5.75. The fourth-order valence-electron chi connectivity index (χ4n) is 3.33. The van der Waals surface area contributed by atoms with E-state index < -0.39 is 0 Å². The van der Waals surface area contributed by atoms with Gasteiger partial charge in [0.2, 0.25) is 5.91 Å². The van der Waals surface area contributed by atoms with E-state index in [9.17, 15) is 4.79 Å². The molecule has 2 rings (SSSR count). The maximum absolute atomic E-state index is 12.1. The van der Waals surface area contributed by atoms with E-state index in [0.717, 1.165) is 13.1 Å². The number of nitriles is 1. The Hall–Kier alpha value is -2.30. The molecule has 1 aliphatic heterocycles. The molecule has 1 aromatic rings. The Kier molecular flexibility index (Phi) is 8.55. The van der Waals surface area contributed by atoms with Gasteiger partial charge < -0.3 is 19.5 Å². The third kappa shape index (κ3) is 6.70. The summed E-state index contributed by atoms with van der Waals surface area (Å²) < 4.78 is 16.7. The molecule has 1 aliphatic rings. The molecule has 0 aliphatic carbocycles. The van der Waals surface area contributed by atoms with Crippen LogP contribution in [0, 0.1) is 11.3 Å². The van der Waals surface area contributed by atoms with Crippen LogP contribution in [0.1, 0.15) is 39.2 Å². The molecule has 0 saturated carbocycles. The summed E-state index contributed by atoms with van der Waals surface area (Å²) in [5, 5.41) is 11.9. The number of carbonyl (C=O) groups is 1. The molecule has 1 saturated heterocycles. The summed E-state index contributed by atoms with van der Waals surface area (Å²) >= 11 is 0. The average molecular weight is 389 g/mol. The smallest absolute Gasteiger partial charge is 0.220 e. The number of hydrogen-bond acceptors (Lipinski definition) is 6. The van der Waals surface area contributed by atoms with Crippen molar-refractivity contribution < 1.29 is 19.0 Å². The van der Waals surface area contributed by atoms with Gasteiger partial charge in [-0.1, -0.05) is 0 Å². The molecular weight excluding hydrogens is 358 g/mol. The molecule has 1 N–H and O–H groups in total. The second-order valence-electron chi connectivity index (χ2n) is 7.29. The van der Waals surface area contributed by atoms with E-state index in [-0.39, 0.29) is 24.2 Å². The van der Waals surface area contributed by atoms with Gasteiger partial charge in [-0.25, -0.2) is 0 Å². The van der Waals surface area contributed by atoms with Gasteiger partial charge in [0.25, 0.3) is 0 Å². The molecule has 0 radical (unpaired) electrons. The molecule has 7 nitrogen and oxygen atoms in total. The van der Waals surface area contributed by atoms with Crippen LogP contribution in [0.4, 0.5) is 0 Å². The molecule has 3 atom stereocenters. The number of methoxy groups -OCH3 is 1. The van der Waals surface area contributed by atoms with Crippen LogP contribution in [0.15, 0.2) is 18.2 Å². The third-order valence-electron chi connectivity index (χ3n) is 4.76. The lowest BCUT2D eigenvalue weighted by Crippen LogP contribution is -2.52. The van der Waals surface area contributed by atoms with Crippen LogP contribution in [0.2, 0.25) is 0 Å². The first-order valence-corrected chi connectivity index (χ1v) is 9.80. The highest BCUT2D eigenvalue weighted by Crippen LogP contribution is 2.27. The fraction of sp³-hybridized carbons (Fsp3) is 0.619. The summed E-state index contributed by atoms with van der Waals surface area (Å²) in [5.74, 6) is 1.12. The van der Waals surface area contributed by atoms with Gasteiger partial charge in [0.15, 0.2) is 11.5 Å². The maximum atomic E-state index is 12.1. The third-order valence-corrected chi connectivity index (χ3v) is 4.76. The first kappa shape index (κ1) is 22.0. The van der Waals surface area contributed by atoms with E-state index in [1.807, 2.05) is 0 Å². The highest BCUT2D eigenvalue weighted by Gasteiger charge is 2.25. The topological polar surface area (TPSA) is 83.8 Å². The summed E-state index contributed by atoms with van der Waals surface area (Å²) in [6.07, 6.45) is 1.45. The zero-order chi connectivity index (χ0) is 20.5. The van der Waals surface area contributed by atoms with Gasteiger partial charge in [0.1, 0.15) is 0 Å². The van der Waals surface area contributed by atoms with Crippen LogP contribution in [-0.2, 0) is 9.53 Å². The van der Waals surface area contributed by atoms with Crippen molar-refractivity contribution in [2.75, 3.05) is 33.4 Å². The Morgan fingerprint density at radius 1 is 1.36 bits per heavy atom. The lowest BCUT2D eigenvalue weighted by molar-refractivity contribution is -0.121. The minimum absolute atomic E-state index is 0.0246. The molecule has 28 heavy (non-hydrogen) atoms.